The number of amides is 2. The first-order valence-electron chi connectivity index (χ1n) is 8.42. The quantitative estimate of drug-likeness (QED) is 0.523. The first kappa shape index (κ1) is 19.5. The Hall–Kier alpha value is -3.21. The summed E-state index contributed by atoms with van der Waals surface area (Å²) >= 11 is 0. The molecule has 11 heteroatoms. The summed E-state index contributed by atoms with van der Waals surface area (Å²) in [6.07, 6.45) is 0. The predicted octanol–water partition coefficient (Wildman–Crippen LogP) is -0.0815. The topological polar surface area (TPSA) is 136 Å². The molecule has 2 aromatic rings. The number of carbonyl (C=O) groups excluding carboxylic acids is 3. The zero-order chi connectivity index (χ0) is 20.3. The number of nitrogens with zero attached hydrogens (tertiary/aromatic N) is 2. The smallest absolute Gasteiger partial charge is 0.325 e. The Bertz CT molecular complexity index is 1030. The summed E-state index contributed by atoms with van der Waals surface area (Å²) in [6, 6.07) is 8.78. The third-order valence-corrected chi connectivity index (χ3v) is 5.37. The summed E-state index contributed by atoms with van der Waals surface area (Å²) < 4.78 is 29.9. The summed E-state index contributed by atoms with van der Waals surface area (Å²) in [5.41, 5.74) is 1.26. The maximum atomic E-state index is 12.3. The van der Waals surface area contributed by atoms with Crippen molar-refractivity contribution in [1.29, 1.82) is 0 Å². The number of esters is 1. The van der Waals surface area contributed by atoms with Gasteiger partial charge in [-0.1, -0.05) is 18.2 Å². The molecular formula is C17H18N4O6S. The van der Waals surface area contributed by atoms with Crippen LogP contribution in [0.1, 0.15) is 18.2 Å². The molecule has 1 aliphatic heterocycles. The van der Waals surface area contributed by atoms with Gasteiger partial charge in [0.1, 0.15) is 12.4 Å². The molecule has 1 aromatic carbocycles. The van der Waals surface area contributed by atoms with Crippen molar-refractivity contribution >= 4 is 33.4 Å². The van der Waals surface area contributed by atoms with Crippen molar-refractivity contribution < 1.29 is 27.5 Å². The van der Waals surface area contributed by atoms with Crippen LogP contribution < -0.4 is 10.6 Å². The van der Waals surface area contributed by atoms with Crippen LogP contribution in [0.4, 0.5) is 5.82 Å². The summed E-state index contributed by atoms with van der Waals surface area (Å²) in [6.45, 7) is 1.31. The normalized spacial score (nSPS) is 14.2. The van der Waals surface area contributed by atoms with Gasteiger partial charge in [-0.15, -0.1) is 0 Å². The van der Waals surface area contributed by atoms with Crippen LogP contribution >= 0.6 is 0 Å². The van der Waals surface area contributed by atoms with Gasteiger partial charge in [0, 0.05) is 5.56 Å². The zero-order valence-electron chi connectivity index (χ0n) is 15.0. The lowest BCUT2D eigenvalue weighted by Gasteiger charge is -2.11. The Kier molecular flexibility index (Phi) is 5.45. The molecule has 0 spiro atoms. The molecule has 28 heavy (non-hydrogen) atoms. The molecule has 148 valence electrons. The average molecular weight is 406 g/mol. The molecule has 10 nitrogen and oxygen atoms in total. The number of carbonyl (C=O) groups is 3. The van der Waals surface area contributed by atoms with Gasteiger partial charge >= 0.3 is 17.8 Å². The van der Waals surface area contributed by atoms with Crippen molar-refractivity contribution in [2.45, 2.75) is 18.4 Å². The summed E-state index contributed by atoms with van der Waals surface area (Å²) in [5.74, 6) is -3.18. The van der Waals surface area contributed by atoms with Gasteiger partial charge in [-0.05, 0) is 19.1 Å². The standard InChI is InChI=1S/C17H18N4O6S/c1-2-27-14(22)8-18-16(23)17(24)19-15-12-9-28(25,26)10-13(12)20-21(15)11-6-4-3-5-7-11/h3-7H,2,8-10H2,1H3,(H,18,23)(H,19,24). The van der Waals surface area contributed by atoms with Crippen LogP contribution in [0, 0.1) is 0 Å². The van der Waals surface area contributed by atoms with E-state index in [0.717, 1.165) is 0 Å². The maximum absolute atomic E-state index is 12.3. The molecule has 0 aliphatic carbocycles. The van der Waals surface area contributed by atoms with Crippen molar-refractivity contribution in [3.63, 3.8) is 0 Å². The van der Waals surface area contributed by atoms with Crippen LogP contribution in [-0.2, 0) is 40.5 Å². The SMILES string of the molecule is CCOC(=O)CNC(=O)C(=O)Nc1c2c(nn1-c1ccccc1)CS(=O)(=O)C2. The molecule has 0 saturated heterocycles. The monoisotopic (exact) mass is 406 g/mol. The van der Waals surface area contributed by atoms with E-state index in [1.807, 2.05) is 0 Å². The summed E-state index contributed by atoms with van der Waals surface area (Å²) in [7, 11) is -3.36. The highest BCUT2D eigenvalue weighted by Gasteiger charge is 2.33. The van der Waals surface area contributed by atoms with Crippen LogP contribution in [0.3, 0.4) is 0 Å². The number of anilines is 1. The van der Waals surface area contributed by atoms with E-state index in [0.29, 0.717) is 16.9 Å². The fourth-order valence-electron chi connectivity index (χ4n) is 2.74. The van der Waals surface area contributed by atoms with Crippen LogP contribution in [0.2, 0.25) is 0 Å². The first-order valence-corrected chi connectivity index (χ1v) is 10.2. The van der Waals surface area contributed by atoms with Gasteiger partial charge in [-0.25, -0.2) is 13.1 Å². The zero-order valence-corrected chi connectivity index (χ0v) is 15.8. The van der Waals surface area contributed by atoms with Crippen molar-refractivity contribution in [3.05, 3.63) is 41.6 Å². The lowest BCUT2D eigenvalue weighted by molar-refractivity contribution is -0.144. The molecule has 0 unspecified atom stereocenters. The molecule has 0 atom stereocenters. The number of sulfone groups is 1. The molecule has 2 N–H and O–H groups in total. The molecule has 2 heterocycles. The first-order chi connectivity index (χ1) is 13.3. The Labute approximate surface area is 160 Å². The number of rotatable bonds is 5. The third-order valence-electron chi connectivity index (χ3n) is 3.93. The number of para-hydroxylation sites is 1. The predicted molar refractivity (Wildman–Crippen MR) is 98.2 cm³/mol. The molecule has 2 amide bonds. The number of benzene rings is 1. The largest absolute Gasteiger partial charge is 0.465 e. The van der Waals surface area contributed by atoms with E-state index < -0.39 is 34.2 Å². The molecular weight excluding hydrogens is 388 g/mol. The molecule has 0 radical (unpaired) electrons. The number of nitrogens with one attached hydrogen (secondary N) is 2. The highest BCUT2D eigenvalue weighted by molar-refractivity contribution is 7.90. The number of aromatic nitrogens is 2. The van der Waals surface area contributed by atoms with Crippen molar-refractivity contribution in [3.8, 4) is 5.69 Å². The molecule has 0 bridgehead atoms. The maximum Gasteiger partial charge on any atom is 0.325 e. The van der Waals surface area contributed by atoms with E-state index in [9.17, 15) is 22.8 Å². The number of ether oxygens (including phenoxy) is 1. The van der Waals surface area contributed by atoms with E-state index in [1.54, 1.807) is 37.3 Å². The minimum atomic E-state index is -3.36. The second kappa shape index (κ2) is 7.80. The minimum Gasteiger partial charge on any atom is -0.465 e. The molecule has 0 saturated carbocycles. The van der Waals surface area contributed by atoms with Gasteiger partial charge in [0.25, 0.3) is 0 Å². The van der Waals surface area contributed by atoms with E-state index >= 15 is 0 Å². The second-order valence-corrected chi connectivity index (χ2v) is 8.06. The number of hydrogen-bond acceptors (Lipinski definition) is 7. The van der Waals surface area contributed by atoms with Crippen molar-refractivity contribution in [1.82, 2.24) is 15.1 Å². The number of fused-ring (bicyclic) bond motifs is 1. The lowest BCUT2D eigenvalue weighted by atomic mass is 10.2. The lowest BCUT2D eigenvalue weighted by Crippen LogP contribution is -2.39. The Morgan fingerprint density at radius 3 is 2.54 bits per heavy atom. The van der Waals surface area contributed by atoms with Gasteiger partial charge < -0.3 is 15.4 Å². The van der Waals surface area contributed by atoms with Crippen LogP contribution in [-0.4, -0.2) is 49.1 Å². The van der Waals surface area contributed by atoms with Crippen molar-refractivity contribution in [2.24, 2.45) is 0 Å². The van der Waals surface area contributed by atoms with E-state index in [2.05, 4.69) is 20.5 Å². The Morgan fingerprint density at radius 2 is 1.86 bits per heavy atom. The number of hydrogen-bond donors (Lipinski definition) is 2. The molecule has 0 fully saturated rings. The fraction of sp³-hybridized carbons (Fsp3) is 0.294. The van der Waals surface area contributed by atoms with Gasteiger partial charge in [0.2, 0.25) is 0 Å². The van der Waals surface area contributed by atoms with Gasteiger partial charge in [-0.3, -0.25) is 14.4 Å². The second-order valence-electron chi connectivity index (χ2n) is 6.00. The van der Waals surface area contributed by atoms with Crippen LogP contribution in [0.15, 0.2) is 30.3 Å². The van der Waals surface area contributed by atoms with E-state index in [4.69, 9.17) is 0 Å². The van der Waals surface area contributed by atoms with Gasteiger partial charge in [-0.2, -0.15) is 5.10 Å². The van der Waals surface area contributed by atoms with Gasteiger partial charge in [0.05, 0.1) is 29.5 Å². The highest BCUT2D eigenvalue weighted by atomic mass is 32.2. The average Bonchev–Trinajstić information content (AvgIpc) is 3.13. The van der Waals surface area contributed by atoms with Crippen LogP contribution in [0.5, 0.6) is 0 Å². The molecule has 3 rings (SSSR count). The third kappa shape index (κ3) is 4.19. The fourth-order valence-corrected chi connectivity index (χ4v) is 4.23. The van der Waals surface area contributed by atoms with Crippen LogP contribution in [0.25, 0.3) is 5.69 Å². The highest BCUT2D eigenvalue weighted by Crippen LogP contribution is 2.32. The van der Waals surface area contributed by atoms with Gasteiger partial charge in [0.15, 0.2) is 9.84 Å². The summed E-state index contributed by atoms with van der Waals surface area (Å²) in [4.78, 5) is 35.5. The molecule has 1 aliphatic rings. The van der Waals surface area contributed by atoms with Crippen molar-refractivity contribution in [2.75, 3.05) is 18.5 Å². The Morgan fingerprint density at radius 1 is 1.14 bits per heavy atom. The van der Waals surface area contributed by atoms with E-state index in [1.165, 1.54) is 4.68 Å². The summed E-state index contributed by atoms with van der Waals surface area (Å²) in [5, 5.41) is 8.85. The minimum absolute atomic E-state index is 0.110. The molecule has 1 aromatic heterocycles. The Balaban J connectivity index is 1.84. The van der Waals surface area contributed by atoms with E-state index in [-0.39, 0.29) is 23.9 Å².